The molecule has 1 N–H and O–H groups in total. The Morgan fingerprint density at radius 2 is 2.23 bits per heavy atom. The number of carbonyl (C=O) groups is 1. The molecule has 6 heteroatoms. The number of nitrogens with zero attached hydrogens (tertiary/aromatic N) is 1. The van der Waals surface area contributed by atoms with Crippen molar-refractivity contribution in [3.63, 3.8) is 0 Å². The molecule has 2 unspecified atom stereocenters. The van der Waals surface area contributed by atoms with E-state index in [1.54, 1.807) is 0 Å². The van der Waals surface area contributed by atoms with Crippen molar-refractivity contribution >= 4 is 28.7 Å². The predicted octanol–water partition coefficient (Wildman–Crippen LogP) is 3.76. The van der Waals surface area contributed by atoms with E-state index < -0.39 is 5.60 Å². The first-order valence-electron chi connectivity index (χ1n) is 7.72. The Labute approximate surface area is 145 Å². The molecular weight excluding hydrogens is 395 g/mol. The van der Waals surface area contributed by atoms with Crippen LogP contribution in [-0.2, 0) is 11.3 Å². The van der Waals surface area contributed by atoms with Crippen molar-refractivity contribution in [1.82, 2.24) is 10.2 Å². The van der Waals surface area contributed by atoms with Crippen LogP contribution in [0, 0.1) is 3.77 Å². The van der Waals surface area contributed by atoms with E-state index in [1.165, 1.54) is 0 Å². The minimum absolute atomic E-state index is 0.179. The second kappa shape index (κ2) is 7.21. The molecule has 0 aliphatic carbocycles. The number of furan rings is 1. The van der Waals surface area contributed by atoms with Crippen LogP contribution in [-0.4, -0.2) is 35.2 Å². The maximum atomic E-state index is 12.2. The van der Waals surface area contributed by atoms with Crippen LogP contribution in [0.3, 0.4) is 0 Å². The van der Waals surface area contributed by atoms with Gasteiger partial charge in [0.1, 0.15) is 11.4 Å². The zero-order valence-corrected chi connectivity index (χ0v) is 15.8. The van der Waals surface area contributed by atoms with Crippen molar-refractivity contribution < 1.29 is 13.9 Å². The largest absolute Gasteiger partial charge is 0.454 e. The number of halogens is 1. The van der Waals surface area contributed by atoms with Crippen molar-refractivity contribution in [1.29, 1.82) is 0 Å². The maximum Gasteiger partial charge on any atom is 0.410 e. The van der Waals surface area contributed by atoms with Crippen LogP contribution in [0.1, 0.15) is 46.3 Å². The van der Waals surface area contributed by atoms with Gasteiger partial charge in [0.2, 0.25) is 0 Å². The standard InChI is InChI=1S/C16H25IN2O3/c1-11-9-12(18-10-13-5-6-14(17)21-13)7-8-19(11)15(20)22-16(2,3)4/h5-6,11-12,18H,7-10H2,1-4H3. The van der Waals surface area contributed by atoms with Crippen LogP contribution in [0.25, 0.3) is 0 Å². The summed E-state index contributed by atoms with van der Waals surface area (Å²) in [6.07, 6.45) is 1.65. The molecule has 1 aromatic rings. The Morgan fingerprint density at radius 1 is 1.50 bits per heavy atom. The number of hydrogen-bond donors (Lipinski definition) is 1. The number of piperidine rings is 1. The van der Waals surface area contributed by atoms with Gasteiger partial charge in [-0.25, -0.2) is 4.79 Å². The van der Waals surface area contributed by atoms with Crippen LogP contribution >= 0.6 is 22.6 Å². The summed E-state index contributed by atoms with van der Waals surface area (Å²) in [5.41, 5.74) is -0.442. The third-order valence-corrected chi connectivity index (χ3v) is 4.28. The molecule has 1 aliphatic heterocycles. The molecule has 1 fully saturated rings. The molecule has 0 aromatic carbocycles. The number of amides is 1. The Morgan fingerprint density at radius 3 is 2.77 bits per heavy atom. The molecule has 1 amide bonds. The molecule has 2 heterocycles. The number of nitrogens with one attached hydrogen (secondary N) is 1. The lowest BCUT2D eigenvalue weighted by Gasteiger charge is -2.38. The van der Waals surface area contributed by atoms with Crippen LogP contribution in [0.5, 0.6) is 0 Å². The summed E-state index contributed by atoms with van der Waals surface area (Å²) in [6, 6.07) is 4.54. The van der Waals surface area contributed by atoms with Gasteiger partial charge >= 0.3 is 6.09 Å². The fourth-order valence-electron chi connectivity index (χ4n) is 2.64. The van der Waals surface area contributed by atoms with Crippen molar-refractivity contribution in [2.75, 3.05) is 6.54 Å². The van der Waals surface area contributed by atoms with E-state index in [4.69, 9.17) is 9.15 Å². The van der Waals surface area contributed by atoms with E-state index in [9.17, 15) is 4.79 Å². The minimum atomic E-state index is -0.442. The third kappa shape index (κ3) is 5.15. The lowest BCUT2D eigenvalue weighted by molar-refractivity contribution is 0.00925. The molecule has 0 radical (unpaired) electrons. The molecular formula is C16H25IN2O3. The zero-order chi connectivity index (χ0) is 16.3. The summed E-state index contributed by atoms with van der Waals surface area (Å²) in [4.78, 5) is 14.0. The van der Waals surface area contributed by atoms with E-state index in [-0.39, 0.29) is 12.1 Å². The van der Waals surface area contributed by atoms with Gasteiger partial charge < -0.3 is 19.4 Å². The highest BCUT2D eigenvalue weighted by Crippen LogP contribution is 2.21. The molecule has 2 rings (SSSR count). The molecule has 2 atom stereocenters. The van der Waals surface area contributed by atoms with E-state index in [0.29, 0.717) is 6.04 Å². The van der Waals surface area contributed by atoms with E-state index >= 15 is 0 Å². The van der Waals surface area contributed by atoms with Gasteiger partial charge in [0.05, 0.1) is 6.54 Å². The van der Waals surface area contributed by atoms with Crippen LogP contribution in [0.2, 0.25) is 0 Å². The fourth-order valence-corrected chi connectivity index (χ4v) is 3.10. The lowest BCUT2D eigenvalue weighted by Crippen LogP contribution is -2.50. The SMILES string of the molecule is CC1CC(NCc2ccc(I)o2)CCN1C(=O)OC(C)(C)C. The highest BCUT2D eigenvalue weighted by molar-refractivity contribution is 14.1. The molecule has 124 valence electrons. The molecule has 1 saturated heterocycles. The molecule has 1 aliphatic rings. The van der Waals surface area contributed by atoms with Gasteiger partial charge in [0.15, 0.2) is 3.77 Å². The van der Waals surface area contributed by atoms with Gasteiger partial charge in [0, 0.05) is 18.6 Å². The van der Waals surface area contributed by atoms with E-state index in [2.05, 4.69) is 34.8 Å². The van der Waals surface area contributed by atoms with Gasteiger partial charge in [-0.05, 0) is 75.3 Å². The van der Waals surface area contributed by atoms with E-state index in [0.717, 1.165) is 35.5 Å². The van der Waals surface area contributed by atoms with Gasteiger partial charge in [-0.2, -0.15) is 0 Å². The van der Waals surface area contributed by atoms with Crippen LogP contribution in [0.4, 0.5) is 4.79 Å². The topological polar surface area (TPSA) is 54.7 Å². The van der Waals surface area contributed by atoms with Gasteiger partial charge in [-0.1, -0.05) is 0 Å². The Balaban J connectivity index is 1.80. The number of rotatable bonds is 3. The van der Waals surface area contributed by atoms with Crippen LogP contribution < -0.4 is 5.32 Å². The third-order valence-electron chi connectivity index (χ3n) is 3.70. The first kappa shape index (κ1) is 17.6. The second-order valence-corrected chi connectivity index (χ2v) is 7.89. The lowest BCUT2D eigenvalue weighted by atomic mass is 9.98. The molecule has 0 bridgehead atoms. The Hall–Kier alpha value is -0.760. The smallest absolute Gasteiger partial charge is 0.410 e. The van der Waals surface area contributed by atoms with Crippen molar-refractivity contribution in [2.24, 2.45) is 0 Å². The summed E-state index contributed by atoms with van der Waals surface area (Å²) in [7, 11) is 0. The summed E-state index contributed by atoms with van der Waals surface area (Å²) in [5.74, 6) is 0.951. The highest BCUT2D eigenvalue weighted by atomic mass is 127. The molecule has 0 spiro atoms. The average Bonchev–Trinajstić information content (AvgIpc) is 2.80. The molecule has 5 nitrogen and oxygen atoms in total. The fraction of sp³-hybridized carbons (Fsp3) is 0.688. The molecule has 1 aromatic heterocycles. The first-order valence-corrected chi connectivity index (χ1v) is 8.79. The number of likely N-dealkylation sites (tertiary alicyclic amines) is 1. The summed E-state index contributed by atoms with van der Waals surface area (Å²) in [5, 5.41) is 3.51. The first-order chi connectivity index (χ1) is 10.2. The summed E-state index contributed by atoms with van der Waals surface area (Å²) < 4.78 is 11.9. The van der Waals surface area contributed by atoms with Crippen LogP contribution in [0.15, 0.2) is 16.5 Å². The monoisotopic (exact) mass is 420 g/mol. The van der Waals surface area contributed by atoms with Gasteiger partial charge in [0.25, 0.3) is 0 Å². The molecule has 0 saturated carbocycles. The van der Waals surface area contributed by atoms with Crippen molar-refractivity contribution in [2.45, 2.75) is 64.8 Å². The number of carbonyl (C=O) groups excluding carboxylic acids is 1. The number of hydrogen-bond acceptors (Lipinski definition) is 4. The Kier molecular flexibility index (Phi) is 5.76. The minimum Gasteiger partial charge on any atom is -0.454 e. The zero-order valence-electron chi connectivity index (χ0n) is 13.7. The highest BCUT2D eigenvalue weighted by Gasteiger charge is 2.31. The normalized spacial score (nSPS) is 22.7. The predicted molar refractivity (Wildman–Crippen MR) is 93.7 cm³/mol. The van der Waals surface area contributed by atoms with Gasteiger partial charge in [-0.3, -0.25) is 0 Å². The van der Waals surface area contributed by atoms with Gasteiger partial charge in [-0.15, -0.1) is 0 Å². The maximum absolute atomic E-state index is 12.2. The summed E-state index contributed by atoms with van der Waals surface area (Å²) in [6.45, 7) is 9.22. The molecule has 22 heavy (non-hydrogen) atoms. The summed E-state index contributed by atoms with van der Waals surface area (Å²) >= 11 is 2.17. The second-order valence-electron chi connectivity index (χ2n) is 6.83. The average molecular weight is 420 g/mol. The van der Waals surface area contributed by atoms with Crippen molar-refractivity contribution in [3.8, 4) is 0 Å². The Bertz CT molecular complexity index is 510. The van der Waals surface area contributed by atoms with Crippen molar-refractivity contribution in [3.05, 3.63) is 21.7 Å². The number of ether oxygens (including phenoxy) is 1. The van der Waals surface area contributed by atoms with E-state index in [1.807, 2.05) is 37.8 Å². The quantitative estimate of drug-likeness (QED) is 0.757.